The van der Waals surface area contributed by atoms with Crippen LogP contribution in [0.15, 0.2) is 30.3 Å². The second kappa shape index (κ2) is 6.85. The number of nitrogens with one attached hydrogen (secondary N) is 3. The minimum absolute atomic E-state index is 0.00425. The van der Waals surface area contributed by atoms with Gasteiger partial charge in [0, 0.05) is 11.3 Å². The predicted molar refractivity (Wildman–Crippen MR) is 100 cm³/mol. The maximum atomic E-state index is 13.8. The second-order valence-electron chi connectivity index (χ2n) is 6.10. The van der Waals surface area contributed by atoms with Gasteiger partial charge < -0.3 is 21.1 Å². The van der Waals surface area contributed by atoms with E-state index in [0.717, 1.165) is 6.07 Å². The Bertz CT molecular complexity index is 1120. The summed E-state index contributed by atoms with van der Waals surface area (Å²) in [5.74, 6) is -0.0432. The number of amides is 1. The van der Waals surface area contributed by atoms with Crippen LogP contribution in [0.3, 0.4) is 0 Å². The van der Waals surface area contributed by atoms with Crippen molar-refractivity contribution in [1.82, 2.24) is 15.2 Å². The van der Waals surface area contributed by atoms with Crippen molar-refractivity contribution in [3.63, 3.8) is 0 Å². The maximum absolute atomic E-state index is 13.8. The maximum Gasteiger partial charge on any atom is 0.417 e. The number of fused-ring (bicyclic) bond motifs is 1. The van der Waals surface area contributed by atoms with E-state index >= 15 is 0 Å². The SMILES string of the molecule is Nc1nc(Nc2cc(Cl)c(-c3ccc4c(c3)NC(=O)CO4)c(C(F)(F)F)c2)n[nH]1. The number of hydrogen-bond acceptors (Lipinski definition) is 6. The van der Waals surface area contributed by atoms with E-state index in [1.807, 2.05) is 0 Å². The van der Waals surface area contributed by atoms with Gasteiger partial charge >= 0.3 is 6.18 Å². The first-order valence-corrected chi connectivity index (χ1v) is 8.51. The van der Waals surface area contributed by atoms with E-state index in [1.54, 1.807) is 0 Å². The number of nitrogens with zero attached hydrogens (tertiary/aromatic N) is 2. The third kappa shape index (κ3) is 3.76. The minimum Gasteiger partial charge on any atom is -0.482 e. The molecule has 150 valence electrons. The summed E-state index contributed by atoms with van der Waals surface area (Å²) in [4.78, 5) is 15.3. The van der Waals surface area contributed by atoms with Crippen molar-refractivity contribution in [2.75, 3.05) is 23.0 Å². The summed E-state index contributed by atoms with van der Waals surface area (Å²) >= 11 is 6.23. The highest BCUT2D eigenvalue weighted by Crippen LogP contribution is 2.44. The molecule has 0 fully saturated rings. The van der Waals surface area contributed by atoms with Gasteiger partial charge in [-0.1, -0.05) is 17.7 Å². The molecule has 0 atom stereocenters. The van der Waals surface area contributed by atoms with E-state index in [0.29, 0.717) is 5.75 Å². The third-order valence-corrected chi connectivity index (χ3v) is 4.35. The zero-order valence-corrected chi connectivity index (χ0v) is 15.1. The minimum atomic E-state index is -4.70. The van der Waals surface area contributed by atoms with Gasteiger partial charge in [0.25, 0.3) is 5.91 Å². The first-order chi connectivity index (χ1) is 13.7. The van der Waals surface area contributed by atoms with Crippen LogP contribution in [-0.4, -0.2) is 27.7 Å². The zero-order valence-electron chi connectivity index (χ0n) is 14.4. The van der Waals surface area contributed by atoms with Crippen molar-refractivity contribution >= 4 is 40.8 Å². The Labute approximate surface area is 166 Å². The summed E-state index contributed by atoms with van der Waals surface area (Å²) in [6.07, 6.45) is -4.70. The summed E-state index contributed by atoms with van der Waals surface area (Å²) in [6.45, 7) is -0.160. The standard InChI is InChI=1S/C17H12ClF3N6O2/c18-10-5-8(23-16-25-15(22)26-27-16)4-9(17(19,20)21)14(10)7-1-2-12-11(3-7)24-13(28)6-29-12/h1-5H,6H2,(H,24,28)(H4,22,23,25,26,27). The fraction of sp³-hybridized carbons (Fsp3) is 0.118. The molecule has 0 saturated carbocycles. The lowest BCUT2D eigenvalue weighted by Crippen LogP contribution is -2.25. The van der Waals surface area contributed by atoms with Gasteiger partial charge in [-0.05, 0) is 29.8 Å². The number of aromatic amines is 1. The number of carbonyl (C=O) groups is 1. The van der Waals surface area contributed by atoms with Crippen molar-refractivity contribution in [1.29, 1.82) is 0 Å². The number of aromatic nitrogens is 3. The molecule has 1 aliphatic heterocycles. The lowest BCUT2D eigenvalue weighted by molar-refractivity contribution is -0.137. The zero-order chi connectivity index (χ0) is 20.8. The Balaban J connectivity index is 1.80. The van der Waals surface area contributed by atoms with E-state index in [1.165, 1.54) is 24.3 Å². The van der Waals surface area contributed by atoms with E-state index in [2.05, 4.69) is 25.8 Å². The van der Waals surface area contributed by atoms with E-state index in [4.69, 9.17) is 22.1 Å². The van der Waals surface area contributed by atoms with Gasteiger partial charge in [-0.25, -0.2) is 5.10 Å². The summed E-state index contributed by atoms with van der Waals surface area (Å²) < 4.78 is 46.6. The number of halogens is 4. The number of ether oxygens (including phenoxy) is 1. The number of carbonyl (C=O) groups excluding carboxylic acids is 1. The number of benzene rings is 2. The fourth-order valence-electron chi connectivity index (χ4n) is 2.89. The van der Waals surface area contributed by atoms with Crippen molar-refractivity contribution in [3.8, 4) is 16.9 Å². The number of anilines is 4. The van der Waals surface area contributed by atoms with Crippen molar-refractivity contribution in [2.45, 2.75) is 6.18 Å². The molecule has 29 heavy (non-hydrogen) atoms. The molecule has 0 spiro atoms. The number of hydrogen-bond donors (Lipinski definition) is 4. The highest BCUT2D eigenvalue weighted by atomic mass is 35.5. The van der Waals surface area contributed by atoms with E-state index in [-0.39, 0.29) is 46.0 Å². The van der Waals surface area contributed by atoms with Gasteiger partial charge in [0.2, 0.25) is 11.9 Å². The normalized spacial score (nSPS) is 13.4. The smallest absolute Gasteiger partial charge is 0.417 e. The lowest BCUT2D eigenvalue weighted by atomic mass is 9.97. The van der Waals surface area contributed by atoms with E-state index in [9.17, 15) is 18.0 Å². The van der Waals surface area contributed by atoms with Crippen LogP contribution in [-0.2, 0) is 11.0 Å². The molecule has 1 amide bonds. The summed E-state index contributed by atoms with van der Waals surface area (Å²) in [6, 6.07) is 6.50. The Morgan fingerprint density at radius 3 is 2.72 bits per heavy atom. The molecular formula is C17H12ClF3N6O2. The van der Waals surface area contributed by atoms with Crippen LogP contribution in [0.2, 0.25) is 5.02 Å². The summed E-state index contributed by atoms with van der Waals surface area (Å²) in [5, 5.41) is 11.1. The van der Waals surface area contributed by atoms with Gasteiger partial charge in [-0.3, -0.25) is 4.79 Å². The molecule has 2 aromatic carbocycles. The highest BCUT2D eigenvalue weighted by molar-refractivity contribution is 6.34. The lowest BCUT2D eigenvalue weighted by Gasteiger charge is -2.21. The molecule has 2 heterocycles. The largest absolute Gasteiger partial charge is 0.482 e. The Hall–Kier alpha value is -3.47. The number of alkyl halides is 3. The van der Waals surface area contributed by atoms with Crippen LogP contribution in [0.5, 0.6) is 5.75 Å². The molecule has 5 N–H and O–H groups in total. The van der Waals surface area contributed by atoms with Gasteiger partial charge in [0.05, 0.1) is 16.3 Å². The van der Waals surface area contributed by atoms with Crippen molar-refractivity contribution < 1.29 is 22.7 Å². The average Bonchev–Trinajstić information content (AvgIpc) is 3.04. The van der Waals surface area contributed by atoms with Crippen molar-refractivity contribution in [2.24, 2.45) is 0 Å². The first-order valence-electron chi connectivity index (χ1n) is 8.13. The molecule has 4 rings (SSSR count). The van der Waals surface area contributed by atoms with Crippen LogP contribution >= 0.6 is 11.6 Å². The highest BCUT2D eigenvalue weighted by Gasteiger charge is 2.36. The molecular weight excluding hydrogens is 413 g/mol. The average molecular weight is 425 g/mol. The fourth-order valence-corrected chi connectivity index (χ4v) is 3.22. The Morgan fingerprint density at radius 1 is 1.24 bits per heavy atom. The molecule has 0 aliphatic carbocycles. The first kappa shape index (κ1) is 18.9. The van der Waals surface area contributed by atoms with Crippen LogP contribution in [0.4, 0.5) is 36.4 Å². The third-order valence-electron chi connectivity index (χ3n) is 4.06. The van der Waals surface area contributed by atoms with Gasteiger partial charge in [0.15, 0.2) is 6.61 Å². The number of H-pyrrole nitrogens is 1. The molecule has 1 aromatic heterocycles. The summed E-state index contributed by atoms with van der Waals surface area (Å²) in [5.41, 5.74) is 4.66. The molecule has 0 bridgehead atoms. The Kier molecular flexibility index (Phi) is 4.46. The predicted octanol–water partition coefficient (Wildman–Crippen LogP) is 3.80. The molecule has 0 radical (unpaired) electrons. The summed E-state index contributed by atoms with van der Waals surface area (Å²) in [7, 11) is 0. The van der Waals surface area contributed by atoms with Crippen LogP contribution in [0.25, 0.3) is 11.1 Å². The van der Waals surface area contributed by atoms with E-state index < -0.39 is 17.6 Å². The monoisotopic (exact) mass is 424 g/mol. The van der Waals surface area contributed by atoms with Gasteiger partial charge in [0.1, 0.15) is 5.75 Å². The van der Waals surface area contributed by atoms with Gasteiger partial charge in [-0.15, -0.1) is 5.10 Å². The van der Waals surface area contributed by atoms with Crippen LogP contribution < -0.4 is 21.1 Å². The van der Waals surface area contributed by atoms with Crippen molar-refractivity contribution in [3.05, 3.63) is 40.9 Å². The number of rotatable bonds is 3. The topological polar surface area (TPSA) is 118 Å². The molecule has 0 unspecified atom stereocenters. The number of nitrogen functional groups attached to an aromatic ring is 1. The quantitative estimate of drug-likeness (QED) is 0.508. The molecule has 3 aromatic rings. The molecule has 12 heteroatoms. The van der Waals surface area contributed by atoms with Crippen LogP contribution in [0.1, 0.15) is 5.56 Å². The molecule has 8 nitrogen and oxygen atoms in total. The number of nitrogens with two attached hydrogens (primary N) is 1. The van der Waals surface area contributed by atoms with Crippen LogP contribution in [0, 0.1) is 0 Å². The molecule has 1 aliphatic rings. The molecule has 0 saturated heterocycles. The second-order valence-corrected chi connectivity index (χ2v) is 6.50. The van der Waals surface area contributed by atoms with Gasteiger partial charge in [-0.2, -0.15) is 18.2 Å². The Morgan fingerprint density at radius 2 is 2.03 bits per heavy atom.